The first kappa shape index (κ1) is 12.2. The van der Waals surface area contributed by atoms with Crippen LogP contribution in [-0.4, -0.2) is 38.0 Å². The van der Waals surface area contributed by atoms with Gasteiger partial charge in [-0.15, -0.1) is 11.6 Å². The van der Waals surface area contributed by atoms with E-state index in [1.165, 1.54) is 0 Å². The van der Waals surface area contributed by atoms with Crippen molar-refractivity contribution in [1.29, 1.82) is 0 Å². The van der Waals surface area contributed by atoms with Crippen LogP contribution < -0.4 is 0 Å². The van der Waals surface area contributed by atoms with Crippen LogP contribution in [0.3, 0.4) is 0 Å². The number of rotatable bonds is 1. The van der Waals surface area contributed by atoms with Gasteiger partial charge in [0.25, 0.3) is 0 Å². The average molecular weight is 223 g/mol. The Morgan fingerprint density at radius 3 is 2.36 bits per heavy atom. The number of hydrogen-bond donors (Lipinski definition) is 3. The van der Waals surface area contributed by atoms with Crippen molar-refractivity contribution >= 4 is 11.6 Å². The SMILES string of the molecule is CC(C)(O)C1CCC(C)(O)C(O)C1Cl. The Bertz CT molecular complexity index is 210. The predicted octanol–water partition coefficient (Wildman–Crippen LogP) is 0.887. The van der Waals surface area contributed by atoms with Crippen molar-refractivity contribution in [2.75, 3.05) is 0 Å². The first-order chi connectivity index (χ1) is 6.16. The topological polar surface area (TPSA) is 60.7 Å². The van der Waals surface area contributed by atoms with Crippen LogP contribution in [0.2, 0.25) is 0 Å². The Kier molecular flexibility index (Phi) is 3.18. The van der Waals surface area contributed by atoms with Gasteiger partial charge in [0.1, 0.15) is 0 Å². The zero-order valence-corrected chi connectivity index (χ0v) is 9.62. The Morgan fingerprint density at radius 1 is 1.43 bits per heavy atom. The van der Waals surface area contributed by atoms with Crippen molar-refractivity contribution in [3.63, 3.8) is 0 Å². The van der Waals surface area contributed by atoms with Crippen molar-refractivity contribution in [2.45, 2.75) is 56.3 Å². The molecule has 1 fully saturated rings. The normalized spacial score (nSPS) is 45.2. The molecule has 3 N–H and O–H groups in total. The quantitative estimate of drug-likeness (QED) is 0.578. The van der Waals surface area contributed by atoms with E-state index >= 15 is 0 Å². The third-order valence-corrected chi connectivity index (χ3v) is 3.73. The van der Waals surface area contributed by atoms with E-state index in [-0.39, 0.29) is 5.92 Å². The standard InChI is InChI=1S/C10H19ClO3/c1-9(2,13)6-4-5-10(3,14)8(12)7(6)11/h6-8,12-14H,4-5H2,1-3H3. The lowest BCUT2D eigenvalue weighted by molar-refractivity contribution is -0.122. The molecule has 0 radical (unpaired) electrons. The van der Waals surface area contributed by atoms with Crippen molar-refractivity contribution in [3.8, 4) is 0 Å². The van der Waals surface area contributed by atoms with Crippen LogP contribution in [0.1, 0.15) is 33.6 Å². The molecule has 1 aliphatic rings. The van der Waals surface area contributed by atoms with E-state index in [1.807, 2.05) is 0 Å². The number of aliphatic hydroxyl groups excluding tert-OH is 1. The summed E-state index contributed by atoms with van der Waals surface area (Å²) >= 11 is 6.03. The van der Waals surface area contributed by atoms with E-state index in [2.05, 4.69) is 0 Å². The van der Waals surface area contributed by atoms with E-state index in [0.717, 1.165) is 0 Å². The van der Waals surface area contributed by atoms with E-state index < -0.39 is 22.7 Å². The molecule has 4 heteroatoms. The largest absolute Gasteiger partial charge is 0.390 e. The summed E-state index contributed by atoms with van der Waals surface area (Å²) in [7, 11) is 0. The molecule has 0 aromatic rings. The third kappa shape index (κ3) is 2.22. The third-order valence-electron chi connectivity index (χ3n) is 3.19. The van der Waals surface area contributed by atoms with Crippen LogP contribution in [0.5, 0.6) is 0 Å². The minimum Gasteiger partial charge on any atom is -0.390 e. The summed E-state index contributed by atoms with van der Waals surface area (Å²) in [5.41, 5.74) is -2.04. The highest BCUT2D eigenvalue weighted by Crippen LogP contribution is 2.40. The Morgan fingerprint density at radius 2 is 1.93 bits per heavy atom. The van der Waals surface area contributed by atoms with Crippen molar-refractivity contribution in [1.82, 2.24) is 0 Å². The van der Waals surface area contributed by atoms with Gasteiger partial charge in [-0.05, 0) is 33.6 Å². The molecule has 1 rings (SSSR count). The zero-order valence-electron chi connectivity index (χ0n) is 8.87. The van der Waals surface area contributed by atoms with Crippen LogP contribution in [0.4, 0.5) is 0 Å². The number of aliphatic hydroxyl groups is 3. The molecule has 0 aliphatic heterocycles. The lowest BCUT2D eigenvalue weighted by Crippen LogP contribution is -2.56. The van der Waals surface area contributed by atoms with Gasteiger partial charge in [-0.2, -0.15) is 0 Å². The molecule has 4 atom stereocenters. The van der Waals surface area contributed by atoms with Gasteiger partial charge in [0, 0.05) is 5.92 Å². The summed E-state index contributed by atoms with van der Waals surface area (Å²) in [6.07, 6.45) is 0.114. The fourth-order valence-electron chi connectivity index (χ4n) is 2.06. The summed E-state index contributed by atoms with van der Waals surface area (Å²) in [4.78, 5) is 0. The average Bonchev–Trinajstić information content (AvgIpc) is 1.97. The van der Waals surface area contributed by atoms with E-state index in [1.54, 1.807) is 20.8 Å². The summed E-state index contributed by atoms with van der Waals surface area (Å²) in [5.74, 6) is -0.181. The van der Waals surface area contributed by atoms with Gasteiger partial charge in [-0.25, -0.2) is 0 Å². The van der Waals surface area contributed by atoms with Crippen LogP contribution in [0, 0.1) is 5.92 Å². The fourth-order valence-corrected chi connectivity index (χ4v) is 2.77. The van der Waals surface area contributed by atoms with E-state index in [4.69, 9.17) is 11.6 Å². The highest BCUT2D eigenvalue weighted by Gasteiger charge is 2.48. The van der Waals surface area contributed by atoms with Crippen LogP contribution in [-0.2, 0) is 0 Å². The maximum absolute atomic E-state index is 9.82. The molecular formula is C10H19ClO3. The maximum atomic E-state index is 9.82. The molecule has 1 saturated carbocycles. The molecule has 0 bridgehead atoms. The van der Waals surface area contributed by atoms with Gasteiger partial charge < -0.3 is 15.3 Å². The highest BCUT2D eigenvalue weighted by atomic mass is 35.5. The van der Waals surface area contributed by atoms with E-state index in [0.29, 0.717) is 12.8 Å². The summed E-state index contributed by atoms with van der Waals surface area (Å²) in [5, 5.41) is 28.8. The lowest BCUT2D eigenvalue weighted by Gasteiger charge is -2.45. The molecule has 0 aromatic heterocycles. The number of hydrogen-bond acceptors (Lipinski definition) is 3. The Labute approximate surface area is 89.7 Å². The minimum atomic E-state index is -1.13. The van der Waals surface area contributed by atoms with Gasteiger partial charge in [-0.3, -0.25) is 0 Å². The van der Waals surface area contributed by atoms with Crippen LogP contribution in [0.25, 0.3) is 0 Å². The lowest BCUT2D eigenvalue weighted by atomic mass is 9.71. The molecule has 4 unspecified atom stereocenters. The number of alkyl halides is 1. The Balaban J connectivity index is 2.80. The molecule has 0 spiro atoms. The second kappa shape index (κ2) is 3.63. The molecule has 0 heterocycles. The molecule has 0 aromatic carbocycles. The molecule has 1 aliphatic carbocycles. The van der Waals surface area contributed by atoms with Crippen molar-refractivity contribution < 1.29 is 15.3 Å². The van der Waals surface area contributed by atoms with Gasteiger partial charge in [0.05, 0.1) is 22.7 Å². The second-order valence-corrected chi connectivity index (χ2v) is 5.55. The second-order valence-electron chi connectivity index (χ2n) is 5.05. The zero-order chi connectivity index (χ0) is 11.1. The highest BCUT2D eigenvalue weighted by molar-refractivity contribution is 6.21. The summed E-state index contributed by atoms with van der Waals surface area (Å²) in [6, 6.07) is 0. The Hall–Kier alpha value is 0.170. The molecule has 3 nitrogen and oxygen atoms in total. The van der Waals surface area contributed by atoms with Gasteiger partial charge in [-0.1, -0.05) is 0 Å². The molecule has 14 heavy (non-hydrogen) atoms. The number of halogens is 1. The monoisotopic (exact) mass is 222 g/mol. The van der Waals surface area contributed by atoms with Crippen molar-refractivity contribution in [2.24, 2.45) is 5.92 Å². The van der Waals surface area contributed by atoms with Crippen molar-refractivity contribution in [3.05, 3.63) is 0 Å². The first-order valence-corrected chi connectivity index (χ1v) is 5.37. The molecule has 0 amide bonds. The predicted molar refractivity (Wildman–Crippen MR) is 55.3 cm³/mol. The minimum absolute atomic E-state index is 0.181. The van der Waals surface area contributed by atoms with Gasteiger partial charge in [0.2, 0.25) is 0 Å². The van der Waals surface area contributed by atoms with Gasteiger partial charge >= 0.3 is 0 Å². The van der Waals surface area contributed by atoms with Gasteiger partial charge in [0.15, 0.2) is 0 Å². The molecule has 84 valence electrons. The first-order valence-electron chi connectivity index (χ1n) is 4.93. The molecular weight excluding hydrogens is 204 g/mol. The van der Waals surface area contributed by atoms with Crippen LogP contribution >= 0.6 is 11.6 Å². The maximum Gasteiger partial charge on any atom is 0.0991 e. The van der Waals surface area contributed by atoms with Crippen LogP contribution in [0.15, 0.2) is 0 Å². The smallest absolute Gasteiger partial charge is 0.0991 e. The summed E-state index contributed by atoms with van der Waals surface area (Å²) < 4.78 is 0. The molecule has 0 saturated heterocycles. The summed E-state index contributed by atoms with van der Waals surface area (Å²) in [6.45, 7) is 4.94. The van der Waals surface area contributed by atoms with E-state index in [9.17, 15) is 15.3 Å². The fraction of sp³-hybridized carbons (Fsp3) is 1.00.